The van der Waals surface area contributed by atoms with E-state index in [-0.39, 0.29) is 11.3 Å². The van der Waals surface area contributed by atoms with Crippen molar-refractivity contribution < 1.29 is 4.79 Å². The molecule has 0 spiro atoms. The summed E-state index contributed by atoms with van der Waals surface area (Å²) in [5.74, 6) is 0.506. The molecule has 0 unspecified atom stereocenters. The summed E-state index contributed by atoms with van der Waals surface area (Å²) in [6.07, 6.45) is 6.94. The molecule has 0 saturated carbocycles. The van der Waals surface area contributed by atoms with Crippen LogP contribution in [0.3, 0.4) is 0 Å². The Labute approximate surface area is 189 Å². The fourth-order valence-electron chi connectivity index (χ4n) is 4.49. The Balaban J connectivity index is 1.75. The molecule has 0 bridgehead atoms. The van der Waals surface area contributed by atoms with E-state index in [1.165, 1.54) is 5.56 Å². The van der Waals surface area contributed by atoms with E-state index < -0.39 is 0 Å². The molecular formula is C27H31N3O2. The molecule has 1 amide bonds. The molecule has 1 fully saturated rings. The summed E-state index contributed by atoms with van der Waals surface area (Å²) in [5, 5.41) is 0. The third kappa shape index (κ3) is 4.98. The van der Waals surface area contributed by atoms with Crippen LogP contribution in [0.4, 0.5) is 0 Å². The van der Waals surface area contributed by atoms with E-state index in [9.17, 15) is 9.59 Å². The van der Waals surface area contributed by atoms with Gasteiger partial charge in [-0.05, 0) is 61.8 Å². The lowest BCUT2D eigenvalue weighted by molar-refractivity contribution is 0.0693. The number of piperidine rings is 1. The maximum Gasteiger partial charge on any atom is 0.259 e. The van der Waals surface area contributed by atoms with Gasteiger partial charge in [0.1, 0.15) is 5.56 Å². The Morgan fingerprint density at radius 1 is 1.00 bits per heavy atom. The number of nitrogens with zero attached hydrogens (tertiary/aromatic N) is 3. The zero-order chi connectivity index (χ0) is 22.5. The molecule has 5 heteroatoms. The fraction of sp³-hybridized carbons (Fsp3) is 0.370. The maximum atomic E-state index is 13.6. The van der Waals surface area contributed by atoms with E-state index in [2.05, 4.69) is 28.6 Å². The lowest BCUT2D eigenvalue weighted by atomic mass is 9.97. The highest BCUT2D eigenvalue weighted by Crippen LogP contribution is 2.21. The molecule has 5 nitrogen and oxygen atoms in total. The summed E-state index contributed by atoms with van der Waals surface area (Å²) in [5.41, 5.74) is 4.17. The molecule has 32 heavy (non-hydrogen) atoms. The number of rotatable bonds is 6. The van der Waals surface area contributed by atoms with Crippen molar-refractivity contribution in [3.63, 3.8) is 0 Å². The number of likely N-dealkylation sites (tertiary alicyclic amines) is 1. The van der Waals surface area contributed by atoms with Crippen LogP contribution in [0, 0.1) is 12.8 Å². The average molecular weight is 430 g/mol. The molecule has 1 saturated heterocycles. The van der Waals surface area contributed by atoms with E-state index >= 15 is 0 Å². The van der Waals surface area contributed by atoms with Crippen LogP contribution in [0.2, 0.25) is 0 Å². The number of hydrogen-bond donors (Lipinski definition) is 0. The Bertz CT molecular complexity index is 1110. The van der Waals surface area contributed by atoms with Gasteiger partial charge in [-0.1, -0.05) is 37.3 Å². The summed E-state index contributed by atoms with van der Waals surface area (Å²) in [4.78, 5) is 32.7. The number of aryl methyl sites for hydroxylation is 2. The van der Waals surface area contributed by atoms with Gasteiger partial charge in [-0.2, -0.15) is 0 Å². The zero-order valence-electron chi connectivity index (χ0n) is 19.0. The summed E-state index contributed by atoms with van der Waals surface area (Å²) in [6, 6.07) is 15.8. The standard InChI is InChI=1S/C27H31N3O2/c1-20-12-16-29(17-13-20)27(32)26-24(9-8-22-6-4-3-5-7-22)30(21(2)18-25(26)31)19-23-10-14-28-15-11-23/h3-7,10-11,14-15,18,20H,8-9,12-13,16-17,19H2,1-2H3. The van der Waals surface area contributed by atoms with Crippen molar-refractivity contribution in [2.24, 2.45) is 5.92 Å². The van der Waals surface area contributed by atoms with Gasteiger partial charge >= 0.3 is 0 Å². The smallest absolute Gasteiger partial charge is 0.259 e. The number of pyridine rings is 2. The fourth-order valence-corrected chi connectivity index (χ4v) is 4.49. The number of hydrogen-bond acceptors (Lipinski definition) is 3. The number of carbonyl (C=O) groups is 1. The lowest BCUT2D eigenvalue weighted by Gasteiger charge is -2.31. The van der Waals surface area contributed by atoms with E-state index in [1.54, 1.807) is 18.5 Å². The highest BCUT2D eigenvalue weighted by Gasteiger charge is 2.27. The first-order valence-electron chi connectivity index (χ1n) is 11.5. The molecule has 0 N–H and O–H groups in total. The van der Waals surface area contributed by atoms with Gasteiger partial charge in [-0.15, -0.1) is 0 Å². The largest absolute Gasteiger partial charge is 0.343 e. The van der Waals surface area contributed by atoms with Crippen molar-refractivity contribution in [3.05, 3.63) is 99.2 Å². The number of benzene rings is 1. The molecule has 0 aliphatic carbocycles. The van der Waals surface area contributed by atoms with Gasteiger partial charge in [0, 0.05) is 49.5 Å². The van der Waals surface area contributed by atoms with E-state index in [4.69, 9.17) is 0 Å². The van der Waals surface area contributed by atoms with E-state index in [0.29, 0.717) is 24.4 Å². The number of amides is 1. The molecule has 3 heterocycles. The normalized spacial score (nSPS) is 14.5. The quantitative estimate of drug-likeness (QED) is 0.588. The highest BCUT2D eigenvalue weighted by molar-refractivity contribution is 5.95. The Hall–Kier alpha value is -3.21. The van der Waals surface area contributed by atoms with Gasteiger partial charge in [0.15, 0.2) is 5.43 Å². The SMILES string of the molecule is Cc1cc(=O)c(C(=O)N2CCC(C)CC2)c(CCc2ccccc2)n1Cc1ccncc1. The predicted molar refractivity (Wildman–Crippen MR) is 127 cm³/mol. The third-order valence-electron chi connectivity index (χ3n) is 6.49. The van der Waals surface area contributed by atoms with Gasteiger partial charge in [-0.3, -0.25) is 14.6 Å². The first kappa shape index (κ1) is 22.0. The Kier molecular flexibility index (Phi) is 6.84. The molecule has 0 radical (unpaired) electrons. The van der Waals surface area contributed by atoms with Crippen LogP contribution in [-0.2, 0) is 19.4 Å². The first-order chi connectivity index (χ1) is 15.5. The van der Waals surface area contributed by atoms with Crippen molar-refractivity contribution in [2.45, 2.75) is 46.1 Å². The van der Waals surface area contributed by atoms with Crippen molar-refractivity contribution in [2.75, 3.05) is 13.1 Å². The van der Waals surface area contributed by atoms with Crippen LogP contribution in [0.1, 0.15) is 52.6 Å². The first-order valence-corrected chi connectivity index (χ1v) is 11.5. The molecule has 3 aromatic rings. The zero-order valence-corrected chi connectivity index (χ0v) is 19.0. The molecule has 2 aromatic heterocycles. The Morgan fingerprint density at radius 3 is 2.38 bits per heavy atom. The molecule has 1 aliphatic heterocycles. The summed E-state index contributed by atoms with van der Waals surface area (Å²) >= 11 is 0. The third-order valence-corrected chi connectivity index (χ3v) is 6.49. The summed E-state index contributed by atoms with van der Waals surface area (Å²) in [7, 11) is 0. The van der Waals surface area contributed by atoms with Crippen molar-refractivity contribution in [1.29, 1.82) is 0 Å². The number of aromatic nitrogens is 2. The van der Waals surface area contributed by atoms with Crippen molar-refractivity contribution in [1.82, 2.24) is 14.5 Å². The predicted octanol–water partition coefficient (Wildman–Crippen LogP) is 4.26. The van der Waals surface area contributed by atoms with Gasteiger partial charge in [0.05, 0.1) is 0 Å². The number of carbonyl (C=O) groups excluding carboxylic acids is 1. The molecule has 4 rings (SSSR count). The van der Waals surface area contributed by atoms with Gasteiger partial charge in [0.2, 0.25) is 0 Å². The van der Waals surface area contributed by atoms with Gasteiger partial charge in [0.25, 0.3) is 5.91 Å². The molecular weight excluding hydrogens is 398 g/mol. The van der Waals surface area contributed by atoms with Gasteiger partial charge < -0.3 is 9.47 Å². The van der Waals surface area contributed by atoms with Crippen LogP contribution < -0.4 is 5.43 Å². The van der Waals surface area contributed by atoms with Crippen LogP contribution in [0.25, 0.3) is 0 Å². The average Bonchev–Trinajstić information content (AvgIpc) is 2.81. The minimum absolute atomic E-state index is 0.117. The molecule has 1 aliphatic rings. The van der Waals surface area contributed by atoms with Crippen LogP contribution in [0.15, 0.2) is 65.7 Å². The van der Waals surface area contributed by atoms with E-state index in [0.717, 1.165) is 49.3 Å². The lowest BCUT2D eigenvalue weighted by Crippen LogP contribution is -2.41. The second-order valence-corrected chi connectivity index (χ2v) is 8.87. The Morgan fingerprint density at radius 2 is 1.69 bits per heavy atom. The van der Waals surface area contributed by atoms with Crippen molar-refractivity contribution >= 4 is 5.91 Å². The van der Waals surface area contributed by atoms with Crippen molar-refractivity contribution in [3.8, 4) is 0 Å². The molecule has 166 valence electrons. The van der Waals surface area contributed by atoms with Crippen LogP contribution in [0.5, 0.6) is 0 Å². The second kappa shape index (κ2) is 9.94. The van der Waals surface area contributed by atoms with E-state index in [1.807, 2.05) is 42.2 Å². The van der Waals surface area contributed by atoms with Crippen LogP contribution >= 0.6 is 0 Å². The summed E-state index contributed by atoms with van der Waals surface area (Å²) < 4.78 is 2.14. The minimum Gasteiger partial charge on any atom is -0.343 e. The molecule has 1 aromatic carbocycles. The van der Waals surface area contributed by atoms with Gasteiger partial charge in [-0.25, -0.2) is 0 Å². The topological polar surface area (TPSA) is 55.2 Å². The second-order valence-electron chi connectivity index (χ2n) is 8.87. The molecule has 0 atom stereocenters. The van der Waals surface area contributed by atoms with Crippen LogP contribution in [-0.4, -0.2) is 33.4 Å². The monoisotopic (exact) mass is 429 g/mol. The minimum atomic E-state index is -0.167. The summed E-state index contributed by atoms with van der Waals surface area (Å²) in [6.45, 7) is 6.22. The highest BCUT2D eigenvalue weighted by atomic mass is 16.2. The maximum absolute atomic E-state index is 13.6.